The maximum atomic E-state index is 12.1. The topological polar surface area (TPSA) is 83.7 Å². The van der Waals surface area contributed by atoms with Crippen molar-refractivity contribution in [1.29, 1.82) is 0 Å². The molecule has 7 heteroatoms. The summed E-state index contributed by atoms with van der Waals surface area (Å²) < 4.78 is 25.3. The zero-order valence-electron chi connectivity index (χ0n) is 12.0. The molecular weight excluding hydrogens is 266 g/mol. The van der Waals surface area contributed by atoms with Crippen LogP contribution in [0.25, 0.3) is 0 Å². The summed E-state index contributed by atoms with van der Waals surface area (Å²) >= 11 is 0. The molecule has 1 atom stereocenters. The van der Waals surface area contributed by atoms with Gasteiger partial charge in [0.25, 0.3) is 0 Å². The highest BCUT2D eigenvalue weighted by atomic mass is 32.2. The SMILES string of the molecule is CCCS(=O)(=O)N1CCN(C(=O)[C@H](N)C(C)C)CC1. The third kappa shape index (κ3) is 4.15. The number of sulfonamides is 1. The van der Waals surface area contributed by atoms with E-state index < -0.39 is 16.1 Å². The van der Waals surface area contributed by atoms with E-state index in [0.29, 0.717) is 32.6 Å². The van der Waals surface area contributed by atoms with Crippen LogP contribution in [0.3, 0.4) is 0 Å². The predicted octanol–water partition coefficient (Wildman–Crippen LogP) is -0.146. The average molecular weight is 291 g/mol. The maximum absolute atomic E-state index is 12.1. The monoisotopic (exact) mass is 291 g/mol. The lowest BCUT2D eigenvalue weighted by Gasteiger charge is -2.35. The number of hydrogen-bond acceptors (Lipinski definition) is 4. The van der Waals surface area contributed by atoms with Crippen molar-refractivity contribution in [2.24, 2.45) is 11.7 Å². The first kappa shape index (κ1) is 16.4. The Labute approximate surface area is 116 Å². The van der Waals surface area contributed by atoms with Crippen molar-refractivity contribution >= 4 is 15.9 Å². The van der Waals surface area contributed by atoms with Crippen LogP contribution in [0.1, 0.15) is 27.2 Å². The van der Waals surface area contributed by atoms with Gasteiger partial charge in [-0.1, -0.05) is 20.8 Å². The second-order valence-corrected chi connectivity index (χ2v) is 7.40. The number of rotatable bonds is 5. The highest BCUT2D eigenvalue weighted by molar-refractivity contribution is 7.89. The molecule has 0 spiro atoms. The van der Waals surface area contributed by atoms with Gasteiger partial charge in [0.15, 0.2) is 0 Å². The van der Waals surface area contributed by atoms with Crippen LogP contribution in [-0.2, 0) is 14.8 Å². The van der Waals surface area contributed by atoms with E-state index in [1.165, 1.54) is 4.31 Å². The van der Waals surface area contributed by atoms with Gasteiger partial charge in [0, 0.05) is 26.2 Å². The Morgan fingerprint density at radius 2 is 1.74 bits per heavy atom. The molecule has 112 valence electrons. The van der Waals surface area contributed by atoms with Gasteiger partial charge in [-0.15, -0.1) is 0 Å². The van der Waals surface area contributed by atoms with Crippen LogP contribution in [0.2, 0.25) is 0 Å². The Balaban J connectivity index is 2.56. The van der Waals surface area contributed by atoms with E-state index in [0.717, 1.165) is 0 Å². The molecule has 0 radical (unpaired) electrons. The van der Waals surface area contributed by atoms with Gasteiger partial charge < -0.3 is 10.6 Å². The summed E-state index contributed by atoms with van der Waals surface area (Å²) in [4.78, 5) is 13.7. The first-order valence-corrected chi connectivity index (χ1v) is 8.42. The molecule has 1 amide bonds. The van der Waals surface area contributed by atoms with E-state index in [-0.39, 0.29) is 17.6 Å². The first-order chi connectivity index (χ1) is 8.79. The molecule has 19 heavy (non-hydrogen) atoms. The Morgan fingerprint density at radius 1 is 1.21 bits per heavy atom. The molecule has 0 unspecified atom stereocenters. The van der Waals surface area contributed by atoms with Gasteiger partial charge in [0.2, 0.25) is 15.9 Å². The summed E-state index contributed by atoms with van der Waals surface area (Å²) in [6.45, 7) is 7.27. The zero-order valence-corrected chi connectivity index (χ0v) is 12.8. The lowest BCUT2D eigenvalue weighted by Crippen LogP contribution is -2.55. The molecule has 1 heterocycles. The molecule has 1 fully saturated rings. The molecule has 2 N–H and O–H groups in total. The molecule has 0 bridgehead atoms. The van der Waals surface area contributed by atoms with E-state index in [9.17, 15) is 13.2 Å². The van der Waals surface area contributed by atoms with Gasteiger partial charge in [-0.05, 0) is 12.3 Å². The van der Waals surface area contributed by atoms with Crippen molar-refractivity contribution in [3.8, 4) is 0 Å². The minimum Gasteiger partial charge on any atom is -0.339 e. The number of nitrogens with two attached hydrogens (primary N) is 1. The van der Waals surface area contributed by atoms with Gasteiger partial charge in [-0.2, -0.15) is 4.31 Å². The largest absolute Gasteiger partial charge is 0.339 e. The molecule has 0 aliphatic carbocycles. The number of carbonyl (C=O) groups excluding carboxylic acids is 1. The Morgan fingerprint density at radius 3 is 2.16 bits per heavy atom. The van der Waals surface area contributed by atoms with Crippen LogP contribution in [0.4, 0.5) is 0 Å². The fraction of sp³-hybridized carbons (Fsp3) is 0.917. The molecule has 1 aliphatic rings. The lowest BCUT2D eigenvalue weighted by molar-refractivity contribution is -0.134. The molecule has 1 saturated heterocycles. The van der Waals surface area contributed by atoms with Crippen LogP contribution in [0, 0.1) is 5.92 Å². The van der Waals surface area contributed by atoms with Crippen molar-refractivity contribution in [2.75, 3.05) is 31.9 Å². The van der Waals surface area contributed by atoms with E-state index in [1.807, 2.05) is 20.8 Å². The molecule has 6 nitrogen and oxygen atoms in total. The fourth-order valence-corrected chi connectivity index (χ4v) is 3.56. The summed E-state index contributed by atoms with van der Waals surface area (Å²) in [6, 6.07) is -0.501. The smallest absolute Gasteiger partial charge is 0.239 e. The van der Waals surface area contributed by atoms with Gasteiger partial charge in [0.05, 0.1) is 11.8 Å². The minimum atomic E-state index is -3.15. The molecule has 0 aromatic carbocycles. The summed E-state index contributed by atoms with van der Waals surface area (Å²) in [5, 5.41) is 0. The summed E-state index contributed by atoms with van der Waals surface area (Å²) in [7, 11) is -3.15. The van der Waals surface area contributed by atoms with Gasteiger partial charge >= 0.3 is 0 Å². The van der Waals surface area contributed by atoms with E-state index in [2.05, 4.69) is 0 Å². The minimum absolute atomic E-state index is 0.0810. The number of nitrogens with zero attached hydrogens (tertiary/aromatic N) is 2. The number of carbonyl (C=O) groups is 1. The number of amides is 1. The Kier molecular flexibility index (Phi) is 5.76. The highest BCUT2D eigenvalue weighted by Crippen LogP contribution is 2.11. The third-order valence-corrected chi connectivity index (χ3v) is 5.49. The molecule has 1 rings (SSSR count). The maximum Gasteiger partial charge on any atom is 0.239 e. The summed E-state index contributed by atoms with van der Waals surface area (Å²) in [5.41, 5.74) is 5.84. The molecule has 0 aromatic rings. The average Bonchev–Trinajstić information content (AvgIpc) is 2.37. The zero-order chi connectivity index (χ0) is 14.6. The first-order valence-electron chi connectivity index (χ1n) is 6.81. The van der Waals surface area contributed by atoms with Crippen molar-refractivity contribution < 1.29 is 13.2 Å². The second-order valence-electron chi connectivity index (χ2n) is 5.31. The van der Waals surface area contributed by atoms with E-state index in [1.54, 1.807) is 4.90 Å². The summed E-state index contributed by atoms with van der Waals surface area (Å²) in [5.74, 6) is 0.184. The van der Waals surface area contributed by atoms with Crippen molar-refractivity contribution in [3.63, 3.8) is 0 Å². The van der Waals surface area contributed by atoms with Crippen LogP contribution < -0.4 is 5.73 Å². The molecule has 1 aliphatic heterocycles. The van der Waals surface area contributed by atoms with Crippen molar-refractivity contribution in [1.82, 2.24) is 9.21 Å². The van der Waals surface area contributed by atoms with Gasteiger partial charge in [0.1, 0.15) is 0 Å². The molecule has 0 saturated carbocycles. The highest BCUT2D eigenvalue weighted by Gasteiger charge is 2.30. The van der Waals surface area contributed by atoms with Crippen molar-refractivity contribution in [2.45, 2.75) is 33.2 Å². The third-order valence-electron chi connectivity index (χ3n) is 3.41. The second kappa shape index (κ2) is 6.67. The molecule has 0 aromatic heterocycles. The summed E-state index contributed by atoms with van der Waals surface area (Å²) in [6.07, 6.45) is 0.611. The van der Waals surface area contributed by atoms with Crippen LogP contribution in [0.15, 0.2) is 0 Å². The van der Waals surface area contributed by atoms with Crippen LogP contribution in [0.5, 0.6) is 0 Å². The van der Waals surface area contributed by atoms with E-state index >= 15 is 0 Å². The van der Waals surface area contributed by atoms with Crippen LogP contribution >= 0.6 is 0 Å². The standard InChI is InChI=1S/C12H25N3O3S/c1-4-9-19(17,18)15-7-5-14(6-8-15)12(16)11(13)10(2)3/h10-11H,4-9,13H2,1-3H3/t11-/m1/s1. The van der Waals surface area contributed by atoms with Gasteiger partial charge in [-0.25, -0.2) is 8.42 Å². The Hall–Kier alpha value is -0.660. The van der Waals surface area contributed by atoms with Crippen molar-refractivity contribution in [3.05, 3.63) is 0 Å². The number of piperazine rings is 1. The predicted molar refractivity (Wildman–Crippen MR) is 75.0 cm³/mol. The lowest BCUT2D eigenvalue weighted by atomic mass is 10.0. The fourth-order valence-electron chi connectivity index (χ4n) is 2.07. The quantitative estimate of drug-likeness (QED) is 0.764. The number of hydrogen-bond donors (Lipinski definition) is 1. The van der Waals surface area contributed by atoms with E-state index in [4.69, 9.17) is 5.73 Å². The molecular formula is C12H25N3O3S. The van der Waals surface area contributed by atoms with Gasteiger partial charge in [-0.3, -0.25) is 4.79 Å². The Bertz CT molecular complexity index is 400. The normalized spacial score (nSPS) is 19.7. The van der Waals surface area contributed by atoms with Crippen LogP contribution in [-0.4, -0.2) is 61.5 Å².